The number of pyridine rings is 1. The van der Waals surface area contributed by atoms with Crippen LogP contribution in [0.25, 0.3) is 22.0 Å². The number of hydrogen-bond acceptors (Lipinski definition) is 8. The van der Waals surface area contributed by atoms with Gasteiger partial charge in [0.15, 0.2) is 8.32 Å². The van der Waals surface area contributed by atoms with Gasteiger partial charge in [0.2, 0.25) is 11.5 Å². The van der Waals surface area contributed by atoms with Gasteiger partial charge in [-0.1, -0.05) is 99.6 Å². The first-order valence-electron chi connectivity index (χ1n) is 22.0. The highest BCUT2D eigenvalue weighted by molar-refractivity contribution is 6.74. The zero-order valence-electron chi connectivity index (χ0n) is 37.1. The molecule has 2 amide bonds. The molecule has 0 bridgehead atoms. The number of nitrogens with zero attached hydrogens (tertiary/aromatic N) is 2. The number of aromatic nitrogens is 1. The van der Waals surface area contributed by atoms with Crippen LogP contribution in [0, 0.1) is 11.8 Å². The van der Waals surface area contributed by atoms with Crippen LogP contribution in [0.5, 0.6) is 5.75 Å². The summed E-state index contributed by atoms with van der Waals surface area (Å²) in [5.74, 6) is 1.16. The fraction of sp³-hybridized carbons (Fsp3) is 0.420. The molecular weight excluding hydrogens is 795 g/mol. The Kier molecular flexibility index (Phi) is 14.0. The third-order valence-corrected chi connectivity index (χ3v) is 17.7. The van der Waals surface area contributed by atoms with E-state index in [0.717, 1.165) is 65.8 Å². The van der Waals surface area contributed by atoms with Gasteiger partial charge >= 0.3 is 6.09 Å². The Morgan fingerprint density at radius 1 is 0.903 bits per heavy atom. The van der Waals surface area contributed by atoms with E-state index in [-0.39, 0.29) is 34.5 Å². The molecule has 4 N–H and O–H groups in total. The maximum atomic E-state index is 13.2. The number of likely N-dealkylation sites (tertiary alicyclic amines) is 1. The number of carbonyl (C=O) groups excluding carboxylic acids is 2. The molecule has 7 rings (SSSR count). The average molecular weight is 858 g/mol. The Morgan fingerprint density at radius 2 is 1.58 bits per heavy atom. The number of H-pyrrole nitrogens is 1. The highest BCUT2D eigenvalue weighted by Crippen LogP contribution is 2.42. The molecule has 5 aromatic rings. The molecule has 1 unspecified atom stereocenters. The summed E-state index contributed by atoms with van der Waals surface area (Å²) >= 11 is 0. The summed E-state index contributed by atoms with van der Waals surface area (Å²) in [7, 11) is -0.357. The lowest BCUT2D eigenvalue weighted by Gasteiger charge is -2.39. The van der Waals surface area contributed by atoms with Crippen LogP contribution in [0.4, 0.5) is 10.5 Å². The van der Waals surface area contributed by atoms with Gasteiger partial charge in [0, 0.05) is 69.8 Å². The third-order valence-electron chi connectivity index (χ3n) is 13.2. The zero-order valence-corrected chi connectivity index (χ0v) is 38.1. The first-order valence-corrected chi connectivity index (χ1v) is 24.9. The largest absolute Gasteiger partial charge is 0.506 e. The second-order valence-electron chi connectivity index (χ2n) is 18.7. The number of phenolic OH excluding ortho intramolecular Hbond substituents is 1. The van der Waals surface area contributed by atoms with Gasteiger partial charge in [-0.25, -0.2) is 4.79 Å². The quantitative estimate of drug-likeness (QED) is 0.0570. The topological polar surface area (TPSA) is 136 Å². The predicted molar refractivity (Wildman–Crippen MR) is 250 cm³/mol. The number of hydrogen-bond donors (Lipinski definition) is 4. The second kappa shape index (κ2) is 19.4. The van der Waals surface area contributed by atoms with Crippen molar-refractivity contribution in [2.24, 2.45) is 11.8 Å². The highest BCUT2D eigenvalue weighted by atomic mass is 28.4. The molecule has 0 spiro atoms. The Balaban J connectivity index is 0.829. The minimum Gasteiger partial charge on any atom is -0.506 e. The molecule has 2 aliphatic rings. The molecule has 12 heteroatoms. The minimum absolute atomic E-state index is 0.0194. The van der Waals surface area contributed by atoms with Crippen molar-refractivity contribution < 1.29 is 23.9 Å². The lowest BCUT2D eigenvalue weighted by atomic mass is 10.0. The van der Waals surface area contributed by atoms with Crippen LogP contribution in [0.1, 0.15) is 62.8 Å². The Labute approximate surface area is 367 Å². The first-order chi connectivity index (χ1) is 29.6. The van der Waals surface area contributed by atoms with E-state index in [1.54, 1.807) is 17.0 Å². The van der Waals surface area contributed by atoms with Crippen LogP contribution in [0.3, 0.4) is 0 Å². The van der Waals surface area contributed by atoms with Crippen molar-refractivity contribution in [3.05, 3.63) is 130 Å². The predicted octanol–water partition coefficient (Wildman–Crippen LogP) is 9.10. The maximum absolute atomic E-state index is 13.2. The Bertz CT molecular complexity index is 2370. The van der Waals surface area contributed by atoms with E-state index in [2.05, 4.69) is 78.6 Å². The molecule has 1 aliphatic carbocycles. The summed E-state index contributed by atoms with van der Waals surface area (Å²) < 4.78 is 12.9. The van der Waals surface area contributed by atoms with E-state index in [1.165, 1.54) is 11.6 Å². The number of benzene rings is 4. The zero-order chi connectivity index (χ0) is 44.0. The number of anilines is 1. The van der Waals surface area contributed by atoms with E-state index >= 15 is 0 Å². The van der Waals surface area contributed by atoms with E-state index in [0.29, 0.717) is 49.8 Å². The van der Waals surface area contributed by atoms with E-state index in [1.807, 2.05) is 67.7 Å². The van der Waals surface area contributed by atoms with E-state index in [9.17, 15) is 19.5 Å². The monoisotopic (exact) mass is 857 g/mol. The lowest BCUT2D eigenvalue weighted by molar-refractivity contribution is -0.129. The number of fused-ring (bicyclic) bond motifs is 2. The van der Waals surface area contributed by atoms with Crippen molar-refractivity contribution in [1.82, 2.24) is 20.1 Å². The molecule has 1 saturated heterocycles. The van der Waals surface area contributed by atoms with Gasteiger partial charge in [-0.2, -0.15) is 0 Å². The number of nitrogens with one attached hydrogen (secondary N) is 3. The molecule has 2 fully saturated rings. The van der Waals surface area contributed by atoms with Crippen molar-refractivity contribution >= 4 is 36.9 Å². The maximum Gasteiger partial charge on any atom is 0.411 e. The van der Waals surface area contributed by atoms with Gasteiger partial charge in [-0.05, 0) is 89.7 Å². The highest BCUT2D eigenvalue weighted by Gasteiger charge is 2.42. The summed E-state index contributed by atoms with van der Waals surface area (Å²) in [5, 5.41) is 17.8. The van der Waals surface area contributed by atoms with Crippen molar-refractivity contribution in [1.29, 1.82) is 0 Å². The number of amides is 2. The molecule has 11 nitrogen and oxygen atoms in total. The van der Waals surface area contributed by atoms with Gasteiger partial charge in [-0.3, -0.25) is 19.8 Å². The second-order valence-corrected chi connectivity index (χ2v) is 23.5. The summed E-state index contributed by atoms with van der Waals surface area (Å²) in [6.07, 6.45) is 2.10. The number of aromatic amines is 1. The van der Waals surface area contributed by atoms with Crippen molar-refractivity contribution in [2.75, 3.05) is 45.1 Å². The smallest absolute Gasteiger partial charge is 0.411 e. The minimum atomic E-state index is -2.21. The Hall–Kier alpha value is -5.27. The van der Waals surface area contributed by atoms with Crippen LogP contribution >= 0.6 is 0 Å². The standard InChI is InChI=1S/C50H63N5O6Si/c1-50(2,3)62(5,6)61-45(41-21-23-44(56)48-42(41)22-24-46(57)53-48)30-51-26-27-54(4)47(58)25-20-34-16-18-35(19-17-34)31-55-32-37-28-39(29-38(37)33-55)60-49(59)52-43-15-11-10-14-40(43)36-12-8-7-9-13-36/h7-19,21-24,37-39,45,51,56H,20,25-33H2,1-6H3,(H,52,59)(H,53,57)/t37-,38+,39?,45-/m0/s1. The fourth-order valence-corrected chi connectivity index (χ4v) is 10.00. The molecule has 1 aromatic heterocycles. The number of phenols is 1. The van der Waals surface area contributed by atoms with Crippen molar-refractivity contribution in [3.63, 3.8) is 0 Å². The molecule has 328 valence electrons. The van der Waals surface area contributed by atoms with Crippen LogP contribution in [-0.4, -0.2) is 86.1 Å². The summed E-state index contributed by atoms with van der Waals surface area (Å²) in [5.41, 5.74) is 6.20. The summed E-state index contributed by atoms with van der Waals surface area (Å²) in [6, 6.07) is 33.2. The normalized spacial score (nSPS) is 18.4. The van der Waals surface area contributed by atoms with Crippen LogP contribution in [0.2, 0.25) is 18.1 Å². The number of rotatable bonds is 16. The molecule has 1 saturated carbocycles. The van der Waals surface area contributed by atoms with Crippen LogP contribution < -0.4 is 16.2 Å². The molecule has 62 heavy (non-hydrogen) atoms. The number of carbonyl (C=O) groups is 2. The van der Waals surface area contributed by atoms with Crippen molar-refractivity contribution in [3.8, 4) is 16.9 Å². The van der Waals surface area contributed by atoms with Crippen molar-refractivity contribution in [2.45, 2.75) is 83.3 Å². The van der Waals surface area contributed by atoms with E-state index in [4.69, 9.17) is 9.16 Å². The molecule has 4 atom stereocenters. The molecule has 1 aliphatic heterocycles. The van der Waals surface area contributed by atoms with Gasteiger partial charge in [-0.15, -0.1) is 0 Å². The van der Waals surface area contributed by atoms with Gasteiger partial charge in [0.1, 0.15) is 11.9 Å². The Morgan fingerprint density at radius 3 is 2.29 bits per heavy atom. The first kappa shape index (κ1) is 44.8. The third kappa shape index (κ3) is 11.0. The fourth-order valence-electron chi connectivity index (χ4n) is 8.72. The number of aryl methyl sites for hydroxylation is 1. The average Bonchev–Trinajstić information content (AvgIpc) is 3.79. The molecule has 4 aromatic carbocycles. The van der Waals surface area contributed by atoms with Gasteiger partial charge < -0.3 is 29.5 Å². The van der Waals surface area contributed by atoms with E-state index < -0.39 is 14.4 Å². The number of aromatic hydroxyl groups is 1. The summed E-state index contributed by atoms with van der Waals surface area (Å²) in [6.45, 7) is 15.6. The number of para-hydroxylation sites is 1. The number of ether oxygens (including phenoxy) is 1. The number of likely N-dealkylation sites (N-methyl/N-ethyl adjacent to an activating group) is 1. The summed E-state index contributed by atoms with van der Waals surface area (Å²) in [4.78, 5) is 45.3. The lowest BCUT2D eigenvalue weighted by Crippen LogP contribution is -2.44. The molecular formula is C50H63N5O6Si. The molecule has 0 radical (unpaired) electrons. The molecule has 2 heterocycles. The van der Waals surface area contributed by atoms with Crippen LogP contribution in [0.15, 0.2) is 108 Å². The SMILES string of the molecule is CN(CCNC[C@H](O[Si](C)(C)C(C)(C)C)c1ccc(O)c2[nH]c(=O)ccc12)C(=O)CCc1ccc(CN2C[C@H]3CC(OC(=O)Nc4ccccc4-c4ccccc4)C[C@H]3C2)cc1. The van der Waals surface area contributed by atoms with Gasteiger partial charge in [0.25, 0.3) is 0 Å². The van der Waals surface area contributed by atoms with Gasteiger partial charge in [0.05, 0.1) is 17.3 Å². The van der Waals surface area contributed by atoms with Crippen LogP contribution in [-0.2, 0) is 26.9 Å².